The summed E-state index contributed by atoms with van der Waals surface area (Å²) in [6, 6.07) is 3.28. The van der Waals surface area contributed by atoms with Crippen molar-refractivity contribution in [2.45, 2.75) is 0 Å². The standard InChI is InChI=1S/C10H5BrClNO3/c11-7-3-5-1-2-13(10(15)16)9(5)6(4-14)8(7)12/h1-4H,(H,15,16). The van der Waals surface area contributed by atoms with E-state index in [0.29, 0.717) is 21.7 Å². The number of nitrogens with zero attached hydrogens (tertiary/aromatic N) is 1. The van der Waals surface area contributed by atoms with Crippen molar-refractivity contribution in [3.05, 3.63) is 33.4 Å². The molecule has 0 unspecified atom stereocenters. The van der Waals surface area contributed by atoms with Crippen molar-refractivity contribution >= 4 is 50.8 Å². The number of carbonyl (C=O) groups is 2. The second-order valence-corrected chi connectivity index (χ2v) is 4.34. The first kappa shape index (κ1) is 11.2. The summed E-state index contributed by atoms with van der Waals surface area (Å²) < 4.78 is 1.53. The van der Waals surface area contributed by atoms with Crippen LogP contribution in [-0.2, 0) is 0 Å². The van der Waals surface area contributed by atoms with E-state index in [-0.39, 0.29) is 10.6 Å². The van der Waals surface area contributed by atoms with Crippen molar-refractivity contribution in [3.8, 4) is 0 Å². The fourth-order valence-electron chi connectivity index (χ4n) is 1.55. The van der Waals surface area contributed by atoms with Crippen molar-refractivity contribution in [2.75, 3.05) is 0 Å². The Morgan fingerprint density at radius 2 is 2.25 bits per heavy atom. The molecule has 1 aromatic heterocycles. The van der Waals surface area contributed by atoms with Gasteiger partial charge in [-0.25, -0.2) is 4.79 Å². The Balaban J connectivity index is 2.96. The predicted octanol–water partition coefficient (Wildman–Crippen LogP) is 3.40. The first-order valence-electron chi connectivity index (χ1n) is 4.23. The number of hydrogen-bond donors (Lipinski definition) is 1. The van der Waals surface area contributed by atoms with Crippen LogP contribution in [0.1, 0.15) is 10.4 Å². The molecule has 1 heterocycles. The average molecular weight is 303 g/mol. The summed E-state index contributed by atoms with van der Waals surface area (Å²) >= 11 is 9.13. The average Bonchev–Trinajstić information content (AvgIpc) is 2.63. The van der Waals surface area contributed by atoms with Gasteiger partial charge in [0, 0.05) is 16.1 Å². The quantitative estimate of drug-likeness (QED) is 0.821. The first-order chi connectivity index (χ1) is 7.56. The summed E-state index contributed by atoms with van der Waals surface area (Å²) in [5.41, 5.74) is 0.467. The van der Waals surface area contributed by atoms with Gasteiger partial charge in [0.05, 0.1) is 16.1 Å². The van der Waals surface area contributed by atoms with Gasteiger partial charge in [-0.2, -0.15) is 0 Å². The zero-order valence-electron chi connectivity index (χ0n) is 7.78. The van der Waals surface area contributed by atoms with Crippen molar-refractivity contribution in [2.24, 2.45) is 0 Å². The SMILES string of the molecule is O=Cc1c(Cl)c(Br)cc2ccn(C(=O)O)c12. The molecule has 2 aromatic rings. The molecular weight excluding hydrogens is 297 g/mol. The lowest BCUT2D eigenvalue weighted by atomic mass is 10.1. The number of halogens is 2. The molecule has 0 atom stereocenters. The molecule has 0 amide bonds. The molecule has 0 radical (unpaired) electrons. The lowest BCUT2D eigenvalue weighted by Gasteiger charge is -2.04. The predicted molar refractivity (Wildman–Crippen MR) is 63.5 cm³/mol. The van der Waals surface area contributed by atoms with Crippen LogP contribution in [0.25, 0.3) is 10.9 Å². The van der Waals surface area contributed by atoms with Crippen LogP contribution in [0.2, 0.25) is 5.02 Å². The lowest BCUT2D eigenvalue weighted by molar-refractivity contribution is 0.112. The van der Waals surface area contributed by atoms with Crippen LogP contribution in [0, 0.1) is 0 Å². The van der Waals surface area contributed by atoms with Gasteiger partial charge in [0.15, 0.2) is 6.29 Å². The fraction of sp³-hybridized carbons (Fsp3) is 0. The molecule has 1 aromatic carbocycles. The normalized spacial score (nSPS) is 10.6. The number of rotatable bonds is 1. The number of aldehydes is 1. The second kappa shape index (κ2) is 3.92. The molecule has 0 aliphatic heterocycles. The molecule has 0 aliphatic rings. The highest BCUT2D eigenvalue weighted by Crippen LogP contribution is 2.32. The van der Waals surface area contributed by atoms with E-state index < -0.39 is 6.09 Å². The molecule has 0 fully saturated rings. The highest BCUT2D eigenvalue weighted by Gasteiger charge is 2.16. The third kappa shape index (κ3) is 1.52. The summed E-state index contributed by atoms with van der Waals surface area (Å²) in [7, 11) is 0. The van der Waals surface area contributed by atoms with E-state index in [2.05, 4.69) is 15.9 Å². The summed E-state index contributed by atoms with van der Waals surface area (Å²) in [5, 5.41) is 9.80. The number of carbonyl (C=O) groups excluding carboxylic acids is 1. The Morgan fingerprint density at radius 1 is 1.56 bits per heavy atom. The Hall–Kier alpha value is -1.33. The summed E-state index contributed by atoms with van der Waals surface area (Å²) in [5.74, 6) is 0. The van der Waals surface area contributed by atoms with Gasteiger partial charge in [-0.1, -0.05) is 11.6 Å². The molecule has 0 spiro atoms. The van der Waals surface area contributed by atoms with Crippen molar-refractivity contribution in [3.63, 3.8) is 0 Å². The van der Waals surface area contributed by atoms with Crippen LogP contribution in [-0.4, -0.2) is 22.1 Å². The molecule has 16 heavy (non-hydrogen) atoms. The topological polar surface area (TPSA) is 59.3 Å². The summed E-state index contributed by atoms with van der Waals surface area (Å²) in [6.45, 7) is 0. The third-order valence-corrected chi connectivity index (χ3v) is 3.49. The highest BCUT2D eigenvalue weighted by atomic mass is 79.9. The summed E-state index contributed by atoms with van der Waals surface area (Å²) in [6.07, 6.45) is 0.772. The minimum atomic E-state index is -1.16. The van der Waals surface area contributed by atoms with Crippen molar-refractivity contribution in [1.29, 1.82) is 0 Å². The minimum Gasteiger partial charge on any atom is -0.464 e. The van der Waals surface area contributed by atoms with E-state index in [1.807, 2.05) is 0 Å². The van der Waals surface area contributed by atoms with E-state index >= 15 is 0 Å². The summed E-state index contributed by atoms with van der Waals surface area (Å²) in [4.78, 5) is 21.9. The number of fused-ring (bicyclic) bond motifs is 1. The van der Waals surface area contributed by atoms with Crippen molar-refractivity contribution < 1.29 is 14.7 Å². The van der Waals surface area contributed by atoms with Gasteiger partial charge in [0.2, 0.25) is 0 Å². The van der Waals surface area contributed by atoms with Gasteiger partial charge < -0.3 is 5.11 Å². The zero-order chi connectivity index (χ0) is 11.9. The van der Waals surface area contributed by atoms with Crippen LogP contribution < -0.4 is 0 Å². The second-order valence-electron chi connectivity index (χ2n) is 3.11. The Morgan fingerprint density at radius 3 is 2.81 bits per heavy atom. The Labute approximate surface area is 104 Å². The van der Waals surface area contributed by atoms with Gasteiger partial charge >= 0.3 is 6.09 Å². The van der Waals surface area contributed by atoms with Crippen LogP contribution >= 0.6 is 27.5 Å². The molecule has 0 bridgehead atoms. The number of benzene rings is 1. The van der Waals surface area contributed by atoms with Gasteiger partial charge in [0.1, 0.15) is 0 Å². The van der Waals surface area contributed by atoms with E-state index in [1.165, 1.54) is 6.20 Å². The fourth-order valence-corrected chi connectivity index (χ4v) is 2.20. The molecular formula is C10H5BrClNO3. The van der Waals surface area contributed by atoms with Crippen LogP contribution in [0.4, 0.5) is 4.79 Å². The van der Waals surface area contributed by atoms with Gasteiger partial charge in [0.25, 0.3) is 0 Å². The van der Waals surface area contributed by atoms with E-state index in [4.69, 9.17) is 16.7 Å². The Bertz CT molecular complexity index is 606. The lowest BCUT2D eigenvalue weighted by Crippen LogP contribution is -2.07. The van der Waals surface area contributed by atoms with E-state index in [9.17, 15) is 9.59 Å². The highest BCUT2D eigenvalue weighted by molar-refractivity contribution is 9.10. The maximum absolute atomic E-state index is 11.0. The van der Waals surface area contributed by atoms with Crippen LogP contribution in [0.3, 0.4) is 0 Å². The molecule has 6 heteroatoms. The molecule has 2 rings (SSSR count). The van der Waals surface area contributed by atoms with Gasteiger partial charge in [-0.05, 0) is 28.1 Å². The molecule has 4 nitrogen and oxygen atoms in total. The molecule has 0 aliphatic carbocycles. The molecule has 82 valence electrons. The number of carboxylic acid groups (broad SMARTS) is 1. The van der Waals surface area contributed by atoms with Gasteiger partial charge in [-0.3, -0.25) is 9.36 Å². The maximum atomic E-state index is 11.0. The number of aromatic nitrogens is 1. The maximum Gasteiger partial charge on any atom is 0.416 e. The molecule has 0 saturated heterocycles. The number of hydrogen-bond acceptors (Lipinski definition) is 2. The third-order valence-electron chi connectivity index (χ3n) is 2.22. The molecule has 0 saturated carbocycles. The Kier molecular flexibility index (Phi) is 2.73. The monoisotopic (exact) mass is 301 g/mol. The zero-order valence-corrected chi connectivity index (χ0v) is 10.1. The van der Waals surface area contributed by atoms with Crippen molar-refractivity contribution in [1.82, 2.24) is 4.57 Å². The van der Waals surface area contributed by atoms with Gasteiger partial charge in [-0.15, -0.1) is 0 Å². The van der Waals surface area contributed by atoms with E-state index in [0.717, 1.165) is 4.57 Å². The first-order valence-corrected chi connectivity index (χ1v) is 5.41. The smallest absolute Gasteiger partial charge is 0.416 e. The minimum absolute atomic E-state index is 0.165. The largest absolute Gasteiger partial charge is 0.464 e. The van der Waals surface area contributed by atoms with E-state index in [1.54, 1.807) is 12.1 Å². The molecule has 1 N–H and O–H groups in total. The van der Waals surface area contributed by atoms with Crippen LogP contribution in [0.5, 0.6) is 0 Å². The van der Waals surface area contributed by atoms with Crippen LogP contribution in [0.15, 0.2) is 22.8 Å².